The molecule has 0 spiro atoms. The van der Waals surface area contributed by atoms with E-state index in [0.717, 1.165) is 39.7 Å². The van der Waals surface area contributed by atoms with Gasteiger partial charge in [0.25, 0.3) is 0 Å². The van der Waals surface area contributed by atoms with Crippen LogP contribution in [-0.2, 0) is 0 Å². The second-order valence-corrected chi connectivity index (χ2v) is 7.35. The van der Waals surface area contributed by atoms with E-state index in [9.17, 15) is 0 Å². The number of anilines is 2. The normalized spacial score (nSPS) is 11.3. The Morgan fingerprint density at radius 2 is 1.70 bits per heavy atom. The summed E-state index contributed by atoms with van der Waals surface area (Å²) in [6.07, 6.45) is 0. The number of aromatic nitrogens is 3. The number of benzene rings is 2. The molecule has 2 aromatic carbocycles. The van der Waals surface area contributed by atoms with Crippen LogP contribution in [0.5, 0.6) is 0 Å². The van der Waals surface area contributed by atoms with E-state index in [2.05, 4.69) is 37.4 Å². The molecule has 4 rings (SSSR count). The highest BCUT2D eigenvalue weighted by Crippen LogP contribution is 2.31. The number of hydrogen-bond donors (Lipinski definition) is 1. The topological polar surface area (TPSA) is 42.2 Å². The summed E-state index contributed by atoms with van der Waals surface area (Å²) in [4.78, 5) is 4.93. The van der Waals surface area contributed by atoms with Gasteiger partial charge in [-0.15, -0.1) is 0 Å². The summed E-state index contributed by atoms with van der Waals surface area (Å²) in [7, 11) is 0. The fourth-order valence-electron chi connectivity index (χ4n) is 3.15. The molecule has 1 N–H and O–H groups in total. The largest absolute Gasteiger partial charge is 0.340 e. The summed E-state index contributed by atoms with van der Waals surface area (Å²) in [6, 6.07) is 20.0. The first-order valence-corrected chi connectivity index (χ1v) is 9.39. The molecule has 136 valence electrons. The Balaban J connectivity index is 1.92. The van der Waals surface area contributed by atoms with Crippen molar-refractivity contribution in [3.05, 3.63) is 77.1 Å². The van der Waals surface area contributed by atoms with E-state index in [1.165, 1.54) is 0 Å². The maximum absolute atomic E-state index is 6.01. The van der Waals surface area contributed by atoms with E-state index >= 15 is 0 Å². The van der Waals surface area contributed by atoms with E-state index in [1.54, 1.807) is 0 Å². The highest BCUT2D eigenvalue weighted by molar-refractivity contribution is 6.30. The molecule has 0 aliphatic heterocycles. The molecule has 2 aromatic heterocycles. The Morgan fingerprint density at radius 1 is 1.00 bits per heavy atom. The zero-order valence-electron chi connectivity index (χ0n) is 15.6. The van der Waals surface area contributed by atoms with Gasteiger partial charge in [-0.1, -0.05) is 55.8 Å². The second kappa shape index (κ2) is 7.05. The lowest BCUT2D eigenvalue weighted by Gasteiger charge is -2.13. The van der Waals surface area contributed by atoms with Gasteiger partial charge in [0.05, 0.1) is 5.69 Å². The molecule has 4 aromatic rings. The van der Waals surface area contributed by atoms with E-state index in [4.69, 9.17) is 21.7 Å². The summed E-state index contributed by atoms with van der Waals surface area (Å²) < 4.78 is 1.89. The van der Waals surface area contributed by atoms with Gasteiger partial charge in [0.2, 0.25) is 0 Å². The van der Waals surface area contributed by atoms with Crippen molar-refractivity contribution in [2.75, 3.05) is 5.32 Å². The standard InChI is InChI=1S/C22H21ClN4/c1-14(2)19-13-20(24-18-11-9-17(23)10-12-18)27-22(25-19)21(15(3)26-27)16-7-5-4-6-8-16/h4-14,24H,1-3H3. The van der Waals surface area contributed by atoms with Crippen LogP contribution in [0.2, 0.25) is 5.02 Å². The van der Waals surface area contributed by atoms with Crippen LogP contribution in [-0.4, -0.2) is 14.6 Å². The molecule has 5 heteroatoms. The number of aryl methyl sites for hydroxylation is 1. The van der Waals surface area contributed by atoms with Crippen molar-refractivity contribution < 1.29 is 0 Å². The second-order valence-electron chi connectivity index (χ2n) is 6.91. The van der Waals surface area contributed by atoms with Crippen molar-refractivity contribution in [2.24, 2.45) is 0 Å². The predicted molar refractivity (Wildman–Crippen MR) is 112 cm³/mol. The smallest absolute Gasteiger partial charge is 0.165 e. The van der Waals surface area contributed by atoms with Crippen LogP contribution in [0, 0.1) is 6.92 Å². The van der Waals surface area contributed by atoms with Crippen LogP contribution < -0.4 is 5.32 Å². The highest BCUT2D eigenvalue weighted by Gasteiger charge is 2.17. The average molecular weight is 377 g/mol. The Labute approximate surface area is 163 Å². The molecule has 0 atom stereocenters. The SMILES string of the molecule is Cc1nn2c(Nc3ccc(Cl)cc3)cc(C(C)C)nc2c1-c1ccccc1. The first kappa shape index (κ1) is 17.6. The number of rotatable bonds is 4. The van der Waals surface area contributed by atoms with E-state index < -0.39 is 0 Å². The van der Waals surface area contributed by atoms with Crippen molar-refractivity contribution in [2.45, 2.75) is 26.7 Å². The van der Waals surface area contributed by atoms with Crippen molar-refractivity contribution >= 4 is 28.8 Å². The first-order chi connectivity index (χ1) is 13.0. The lowest BCUT2D eigenvalue weighted by Crippen LogP contribution is -2.05. The number of nitrogens with zero attached hydrogens (tertiary/aromatic N) is 3. The van der Waals surface area contributed by atoms with Crippen LogP contribution in [0.15, 0.2) is 60.7 Å². The third kappa shape index (κ3) is 3.40. The number of nitrogens with one attached hydrogen (secondary N) is 1. The molecular weight excluding hydrogens is 356 g/mol. The van der Waals surface area contributed by atoms with Gasteiger partial charge in [0.1, 0.15) is 5.82 Å². The Hall–Kier alpha value is -2.85. The Bertz CT molecular complexity index is 1080. The maximum Gasteiger partial charge on any atom is 0.165 e. The van der Waals surface area contributed by atoms with Gasteiger partial charge < -0.3 is 5.32 Å². The summed E-state index contributed by atoms with van der Waals surface area (Å²) in [5.74, 6) is 1.19. The summed E-state index contributed by atoms with van der Waals surface area (Å²) >= 11 is 6.01. The molecule has 4 nitrogen and oxygen atoms in total. The van der Waals surface area contributed by atoms with Crippen molar-refractivity contribution in [3.63, 3.8) is 0 Å². The molecule has 2 heterocycles. The van der Waals surface area contributed by atoms with Crippen LogP contribution in [0.4, 0.5) is 11.5 Å². The molecule has 0 aliphatic carbocycles. The third-order valence-corrected chi connectivity index (χ3v) is 4.81. The molecule has 0 unspecified atom stereocenters. The van der Waals surface area contributed by atoms with E-state index in [0.29, 0.717) is 10.9 Å². The van der Waals surface area contributed by atoms with Gasteiger partial charge in [-0.05, 0) is 42.7 Å². The van der Waals surface area contributed by atoms with Crippen molar-refractivity contribution in [3.8, 4) is 11.1 Å². The van der Waals surface area contributed by atoms with E-state index in [-0.39, 0.29) is 0 Å². The molecule has 0 aliphatic rings. The van der Waals surface area contributed by atoms with Crippen LogP contribution >= 0.6 is 11.6 Å². The zero-order valence-corrected chi connectivity index (χ0v) is 16.3. The number of fused-ring (bicyclic) bond motifs is 1. The Kier molecular flexibility index (Phi) is 4.58. The zero-order chi connectivity index (χ0) is 19.0. The van der Waals surface area contributed by atoms with Crippen LogP contribution in [0.25, 0.3) is 16.8 Å². The minimum atomic E-state index is 0.305. The molecule has 0 saturated heterocycles. The minimum absolute atomic E-state index is 0.305. The Morgan fingerprint density at radius 3 is 2.37 bits per heavy atom. The monoisotopic (exact) mass is 376 g/mol. The fourth-order valence-corrected chi connectivity index (χ4v) is 3.28. The molecule has 0 fully saturated rings. The summed E-state index contributed by atoms with van der Waals surface area (Å²) in [5, 5.41) is 8.95. The summed E-state index contributed by atoms with van der Waals surface area (Å²) in [6.45, 7) is 6.32. The highest BCUT2D eigenvalue weighted by atomic mass is 35.5. The first-order valence-electron chi connectivity index (χ1n) is 9.01. The quantitative estimate of drug-likeness (QED) is 0.459. The van der Waals surface area contributed by atoms with E-state index in [1.807, 2.05) is 53.9 Å². The molecule has 0 bridgehead atoms. The van der Waals surface area contributed by atoms with Gasteiger partial charge in [0, 0.05) is 28.0 Å². The van der Waals surface area contributed by atoms with Crippen molar-refractivity contribution in [1.82, 2.24) is 14.6 Å². The van der Waals surface area contributed by atoms with Gasteiger partial charge in [-0.2, -0.15) is 9.61 Å². The average Bonchev–Trinajstić information content (AvgIpc) is 3.00. The number of hydrogen-bond acceptors (Lipinski definition) is 3. The molecular formula is C22H21ClN4. The lowest BCUT2D eigenvalue weighted by atomic mass is 10.1. The van der Waals surface area contributed by atoms with Gasteiger partial charge in [-0.3, -0.25) is 0 Å². The fraction of sp³-hybridized carbons (Fsp3) is 0.182. The van der Waals surface area contributed by atoms with Crippen molar-refractivity contribution in [1.29, 1.82) is 0 Å². The van der Waals surface area contributed by atoms with Gasteiger partial charge >= 0.3 is 0 Å². The predicted octanol–water partition coefficient (Wildman–Crippen LogP) is 6.23. The molecule has 0 radical (unpaired) electrons. The lowest BCUT2D eigenvalue weighted by molar-refractivity contribution is 0.810. The maximum atomic E-state index is 6.01. The third-order valence-electron chi connectivity index (χ3n) is 4.55. The minimum Gasteiger partial charge on any atom is -0.340 e. The molecule has 0 amide bonds. The van der Waals surface area contributed by atoms with Gasteiger partial charge in [-0.25, -0.2) is 4.98 Å². The van der Waals surface area contributed by atoms with Crippen LogP contribution in [0.3, 0.4) is 0 Å². The number of halogens is 1. The molecule has 27 heavy (non-hydrogen) atoms. The molecule has 0 saturated carbocycles. The van der Waals surface area contributed by atoms with Gasteiger partial charge in [0.15, 0.2) is 5.65 Å². The van der Waals surface area contributed by atoms with Crippen LogP contribution in [0.1, 0.15) is 31.2 Å². The summed E-state index contributed by atoms with van der Waals surface area (Å²) in [5.41, 5.74) is 5.98.